The average molecular weight is 241 g/mol. The maximum Gasteiger partial charge on any atom is 0.153 e. The lowest BCUT2D eigenvalue weighted by atomic mass is 10.2. The second-order valence-electron chi connectivity index (χ2n) is 3.75. The maximum atomic E-state index is 10.8. The molecule has 0 N–H and O–H groups in total. The molecule has 0 saturated carbocycles. The van der Waals surface area contributed by atoms with Gasteiger partial charge < -0.3 is 9.47 Å². The lowest BCUT2D eigenvalue weighted by Crippen LogP contribution is -2.16. The van der Waals surface area contributed by atoms with Crippen LogP contribution in [-0.2, 0) is 4.74 Å². The molecule has 0 spiro atoms. The largest absolute Gasteiger partial charge is 0.490 e. The first-order valence-corrected chi connectivity index (χ1v) is 5.66. The number of hydrogen-bond acceptors (Lipinski definition) is 3. The predicted molar refractivity (Wildman–Crippen MR) is 61.3 cm³/mol. The molecule has 1 aromatic carbocycles. The minimum Gasteiger partial charge on any atom is -0.490 e. The van der Waals surface area contributed by atoms with Crippen molar-refractivity contribution in [3.8, 4) is 5.75 Å². The van der Waals surface area contributed by atoms with Crippen molar-refractivity contribution >= 4 is 17.9 Å². The van der Waals surface area contributed by atoms with E-state index in [0.717, 1.165) is 25.7 Å². The lowest BCUT2D eigenvalue weighted by Gasteiger charge is -2.12. The Morgan fingerprint density at radius 3 is 3.12 bits per heavy atom. The number of aldehydes is 1. The fraction of sp³-hybridized carbons (Fsp3) is 0.417. The van der Waals surface area contributed by atoms with E-state index in [1.807, 2.05) is 0 Å². The zero-order valence-corrected chi connectivity index (χ0v) is 9.57. The Kier molecular flexibility index (Phi) is 3.80. The Morgan fingerprint density at radius 1 is 1.56 bits per heavy atom. The number of ether oxygens (including phenoxy) is 2. The summed E-state index contributed by atoms with van der Waals surface area (Å²) >= 11 is 5.78. The number of carbonyl (C=O) groups is 1. The van der Waals surface area contributed by atoms with Crippen LogP contribution >= 0.6 is 11.6 Å². The van der Waals surface area contributed by atoms with Crippen molar-refractivity contribution in [1.29, 1.82) is 0 Å². The third-order valence-electron chi connectivity index (χ3n) is 2.55. The van der Waals surface area contributed by atoms with Crippen LogP contribution in [0.2, 0.25) is 5.02 Å². The zero-order chi connectivity index (χ0) is 11.4. The monoisotopic (exact) mass is 240 g/mol. The second-order valence-corrected chi connectivity index (χ2v) is 4.18. The quantitative estimate of drug-likeness (QED) is 0.759. The van der Waals surface area contributed by atoms with Crippen LogP contribution < -0.4 is 4.74 Å². The van der Waals surface area contributed by atoms with E-state index < -0.39 is 0 Å². The van der Waals surface area contributed by atoms with Gasteiger partial charge in [0.2, 0.25) is 0 Å². The molecule has 1 unspecified atom stereocenters. The Morgan fingerprint density at radius 2 is 2.44 bits per heavy atom. The van der Waals surface area contributed by atoms with Crippen molar-refractivity contribution in [2.45, 2.75) is 18.9 Å². The Labute approximate surface area is 99.3 Å². The SMILES string of the molecule is O=Cc1cc(Cl)ccc1OCC1CCCO1. The average Bonchev–Trinajstić information content (AvgIpc) is 2.80. The standard InChI is InChI=1S/C12H13ClO3/c13-10-3-4-12(9(6-10)7-14)16-8-11-2-1-5-15-11/h3-4,6-7,11H,1-2,5,8H2. The molecule has 0 radical (unpaired) electrons. The van der Waals surface area contributed by atoms with Crippen LogP contribution in [0.5, 0.6) is 5.75 Å². The zero-order valence-electron chi connectivity index (χ0n) is 8.82. The molecule has 4 heteroatoms. The molecule has 0 aromatic heterocycles. The van der Waals surface area contributed by atoms with E-state index in [1.54, 1.807) is 18.2 Å². The first-order chi connectivity index (χ1) is 7.79. The van der Waals surface area contributed by atoms with Crippen LogP contribution in [0.3, 0.4) is 0 Å². The van der Waals surface area contributed by atoms with Gasteiger partial charge in [0.1, 0.15) is 12.4 Å². The summed E-state index contributed by atoms with van der Waals surface area (Å²) in [5.74, 6) is 0.565. The molecule has 86 valence electrons. The van der Waals surface area contributed by atoms with Crippen LogP contribution in [0.4, 0.5) is 0 Å². The minimum absolute atomic E-state index is 0.148. The number of halogens is 1. The number of hydrogen-bond donors (Lipinski definition) is 0. The minimum atomic E-state index is 0.148. The lowest BCUT2D eigenvalue weighted by molar-refractivity contribution is 0.0675. The molecule has 1 saturated heterocycles. The van der Waals surface area contributed by atoms with Gasteiger partial charge in [-0.2, -0.15) is 0 Å². The van der Waals surface area contributed by atoms with E-state index in [-0.39, 0.29) is 6.10 Å². The van der Waals surface area contributed by atoms with Gasteiger partial charge in [0.15, 0.2) is 6.29 Å². The summed E-state index contributed by atoms with van der Waals surface area (Å²) in [6.45, 7) is 1.29. The third-order valence-corrected chi connectivity index (χ3v) is 2.78. The summed E-state index contributed by atoms with van der Waals surface area (Å²) in [7, 11) is 0. The van der Waals surface area contributed by atoms with Crippen molar-refractivity contribution in [3.63, 3.8) is 0 Å². The van der Waals surface area contributed by atoms with E-state index in [9.17, 15) is 4.79 Å². The molecular weight excluding hydrogens is 228 g/mol. The summed E-state index contributed by atoms with van der Waals surface area (Å²) in [4.78, 5) is 10.8. The highest BCUT2D eigenvalue weighted by Gasteiger charge is 2.16. The van der Waals surface area contributed by atoms with Gasteiger partial charge in [0.05, 0.1) is 11.7 Å². The number of rotatable bonds is 4. The van der Waals surface area contributed by atoms with Crippen LogP contribution in [0.15, 0.2) is 18.2 Å². The Balaban J connectivity index is 1.99. The van der Waals surface area contributed by atoms with Crippen molar-refractivity contribution in [1.82, 2.24) is 0 Å². The van der Waals surface area contributed by atoms with E-state index in [4.69, 9.17) is 21.1 Å². The maximum absolute atomic E-state index is 10.8. The second kappa shape index (κ2) is 5.32. The van der Waals surface area contributed by atoms with Gasteiger partial charge >= 0.3 is 0 Å². The van der Waals surface area contributed by atoms with Crippen molar-refractivity contribution in [2.75, 3.05) is 13.2 Å². The van der Waals surface area contributed by atoms with Crippen molar-refractivity contribution < 1.29 is 14.3 Å². The van der Waals surface area contributed by atoms with Gasteiger partial charge in [0.25, 0.3) is 0 Å². The smallest absolute Gasteiger partial charge is 0.153 e. The van der Waals surface area contributed by atoms with Crippen LogP contribution in [0.25, 0.3) is 0 Å². The topological polar surface area (TPSA) is 35.5 Å². The van der Waals surface area contributed by atoms with Crippen LogP contribution in [-0.4, -0.2) is 25.6 Å². The van der Waals surface area contributed by atoms with E-state index in [0.29, 0.717) is 22.9 Å². The molecule has 1 aliphatic heterocycles. The molecule has 1 atom stereocenters. The summed E-state index contributed by atoms with van der Waals surface area (Å²) in [6, 6.07) is 5.01. The molecule has 1 aliphatic rings. The Bertz CT molecular complexity index is 373. The van der Waals surface area contributed by atoms with Gasteiger partial charge in [0, 0.05) is 11.6 Å². The van der Waals surface area contributed by atoms with Crippen molar-refractivity contribution in [2.24, 2.45) is 0 Å². The van der Waals surface area contributed by atoms with Gasteiger partial charge in [-0.3, -0.25) is 4.79 Å². The van der Waals surface area contributed by atoms with Gasteiger partial charge in [-0.05, 0) is 31.0 Å². The molecule has 1 fully saturated rings. The fourth-order valence-electron chi connectivity index (χ4n) is 1.70. The molecule has 2 rings (SSSR count). The Hall–Kier alpha value is -1.06. The van der Waals surface area contributed by atoms with E-state index in [2.05, 4.69) is 0 Å². The highest BCUT2D eigenvalue weighted by Crippen LogP contribution is 2.22. The van der Waals surface area contributed by atoms with Gasteiger partial charge in [-0.25, -0.2) is 0 Å². The molecule has 3 nitrogen and oxygen atoms in total. The third kappa shape index (κ3) is 2.74. The first-order valence-electron chi connectivity index (χ1n) is 5.29. The van der Waals surface area contributed by atoms with Gasteiger partial charge in [-0.1, -0.05) is 11.6 Å². The highest BCUT2D eigenvalue weighted by atomic mass is 35.5. The molecule has 1 heterocycles. The molecular formula is C12H13ClO3. The van der Waals surface area contributed by atoms with Crippen molar-refractivity contribution in [3.05, 3.63) is 28.8 Å². The number of benzene rings is 1. The molecule has 1 aromatic rings. The number of carbonyl (C=O) groups excluding carboxylic acids is 1. The molecule has 16 heavy (non-hydrogen) atoms. The summed E-state index contributed by atoms with van der Waals surface area (Å²) < 4.78 is 11.0. The normalized spacial score (nSPS) is 19.7. The predicted octanol–water partition coefficient (Wildman–Crippen LogP) is 2.71. The summed E-state index contributed by atoms with van der Waals surface area (Å²) in [5.41, 5.74) is 0.477. The fourth-order valence-corrected chi connectivity index (χ4v) is 1.88. The molecule has 0 aliphatic carbocycles. The van der Waals surface area contributed by atoms with E-state index in [1.165, 1.54) is 0 Å². The van der Waals surface area contributed by atoms with E-state index >= 15 is 0 Å². The summed E-state index contributed by atoms with van der Waals surface area (Å²) in [5, 5.41) is 0.534. The van der Waals surface area contributed by atoms with Crippen LogP contribution in [0, 0.1) is 0 Å². The molecule has 0 amide bonds. The summed E-state index contributed by atoms with van der Waals surface area (Å²) in [6.07, 6.45) is 2.99. The highest BCUT2D eigenvalue weighted by molar-refractivity contribution is 6.30. The van der Waals surface area contributed by atoms with Gasteiger partial charge in [-0.15, -0.1) is 0 Å². The first kappa shape index (κ1) is 11.4. The molecule has 0 bridgehead atoms. The van der Waals surface area contributed by atoms with Crippen LogP contribution in [0.1, 0.15) is 23.2 Å².